The van der Waals surface area contributed by atoms with Crippen LogP contribution in [0, 0.1) is 0 Å². The molecule has 2 aliphatic carbocycles. The highest BCUT2D eigenvalue weighted by molar-refractivity contribution is 5.90. The van der Waals surface area contributed by atoms with E-state index in [2.05, 4.69) is 121 Å². The van der Waals surface area contributed by atoms with Gasteiger partial charge in [-0.1, -0.05) is 194 Å². The molecular formula is C54H38O2. The van der Waals surface area contributed by atoms with Crippen molar-refractivity contribution in [2.24, 2.45) is 0 Å². The molecule has 0 heterocycles. The lowest BCUT2D eigenvalue weighted by molar-refractivity contribution is 0.0917. The lowest BCUT2D eigenvalue weighted by Crippen LogP contribution is -2.43. The van der Waals surface area contributed by atoms with Crippen LogP contribution in [0.2, 0.25) is 0 Å². The summed E-state index contributed by atoms with van der Waals surface area (Å²) in [6.45, 7) is 0. The maximum absolute atomic E-state index is 14.0. The standard InChI is InChI=1S/C54H38O2/c55-53(49-31-29-41(37-17-5-1-6-18-37)33-45(49)39-21-9-3-10-22-39)47-27-15-13-25-43(47)36-52-51(53)35-44-26-14-16-28-48(44)54(52,56)50-32-30-42(38-19-7-2-8-20-38)34-46(50)40-23-11-4-12-24-40/h1-36,55-56H. The molecule has 2 N–H and O–H groups in total. The van der Waals surface area contributed by atoms with Gasteiger partial charge in [0.15, 0.2) is 0 Å². The van der Waals surface area contributed by atoms with Gasteiger partial charge in [-0.3, -0.25) is 0 Å². The van der Waals surface area contributed by atoms with Crippen LogP contribution in [0.25, 0.3) is 56.7 Å². The van der Waals surface area contributed by atoms with Gasteiger partial charge in [0.05, 0.1) is 0 Å². The molecule has 0 radical (unpaired) electrons. The van der Waals surface area contributed by atoms with Crippen molar-refractivity contribution in [2.45, 2.75) is 11.2 Å². The van der Waals surface area contributed by atoms with E-state index in [-0.39, 0.29) is 0 Å². The Labute approximate surface area is 327 Å². The lowest BCUT2D eigenvalue weighted by Gasteiger charge is -2.47. The summed E-state index contributed by atoms with van der Waals surface area (Å²) < 4.78 is 0. The second kappa shape index (κ2) is 13.5. The van der Waals surface area contributed by atoms with E-state index in [1.54, 1.807) is 0 Å². The summed E-state index contributed by atoms with van der Waals surface area (Å²) in [4.78, 5) is 0. The quantitative estimate of drug-likeness (QED) is 0.180. The minimum atomic E-state index is -1.64. The largest absolute Gasteiger partial charge is 0.376 e. The van der Waals surface area contributed by atoms with Gasteiger partial charge in [0.2, 0.25) is 0 Å². The van der Waals surface area contributed by atoms with E-state index in [1.807, 2.05) is 97.1 Å². The summed E-state index contributed by atoms with van der Waals surface area (Å²) in [6.07, 6.45) is 4.18. The molecule has 56 heavy (non-hydrogen) atoms. The van der Waals surface area contributed by atoms with E-state index in [1.165, 1.54) is 0 Å². The van der Waals surface area contributed by atoms with E-state index in [9.17, 15) is 10.2 Å². The normalized spacial score (nSPS) is 18.2. The second-order valence-corrected chi connectivity index (χ2v) is 14.7. The van der Waals surface area contributed by atoms with Gasteiger partial charge in [0.1, 0.15) is 11.2 Å². The van der Waals surface area contributed by atoms with E-state index in [0.29, 0.717) is 11.1 Å². The Morgan fingerprint density at radius 2 is 0.589 bits per heavy atom. The fourth-order valence-electron chi connectivity index (χ4n) is 8.89. The monoisotopic (exact) mass is 718 g/mol. The molecule has 10 rings (SSSR count). The number of fused-ring (bicyclic) bond motifs is 3. The molecule has 0 aliphatic heterocycles. The maximum Gasteiger partial charge on any atom is 0.142 e. The Kier molecular flexibility index (Phi) is 8.11. The number of hydrogen-bond acceptors (Lipinski definition) is 2. The molecule has 0 spiro atoms. The number of aliphatic hydroxyl groups is 2. The van der Waals surface area contributed by atoms with Crippen LogP contribution in [0.4, 0.5) is 0 Å². The third-order valence-electron chi connectivity index (χ3n) is 11.6. The fraction of sp³-hybridized carbons (Fsp3) is 0.0370. The Hall–Kier alpha value is -6.84. The van der Waals surface area contributed by atoms with E-state index in [0.717, 1.165) is 77.9 Å². The molecule has 2 aliphatic rings. The average molecular weight is 719 g/mol. The zero-order chi connectivity index (χ0) is 37.7. The molecule has 0 amide bonds. The molecule has 0 aromatic heterocycles. The van der Waals surface area contributed by atoms with Gasteiger partial charge < -0.3 is 10.2 Å². The van der Waals surface area contributed by atoms with Crippen molar-refractivity contribution >= 4 is 12.2 Å². The molecule has 2 unspecified atom stereocenters. The predicted octanol–water partition coefficient (Wildman–Crippen LogP) is 12.3. The molecule has 8 aromatic rings. The molecule has 0 saturated carbocycles. The van der Waals surface area contributed by atoms with Crippen LogP contribution in [0.5, 0.6) is 0 Å². The number of benzene rings is 8. The average Bonchev–Trinajstić information content (AvgIpc) is 3.28. The topological polar surface area (TPSA) is 40.5 Å². The van der Waals surface area contributed by atoms with Crippen LogP contribution in [-0.2, 0) is 11.2 Å². The SMILES string of the molecule is OC1(c2ccc(-c3ccccc3)cc2-c2ccccc2)C2=Cc3ccccc3C(O)(c3ccc(-c4ccccc4)cc3-c3ccccc3)C2=Cc2ccccc21. The highest BCUT2D eigenvalue weighted by Gasteiger charge is 2.52. The van der Waals surface area contributed by atoms with Gasteiger partial charge >= 0.3 is 0 Å². The summed E-state index contributed by atoms with van der Waals surface area (Å²) in [7, 11) is 0. The summed E-state index contributed by atoms with van der Waals surface area (Å²) in [5.74, 6) is 0. The molecule has 8 aromatic carbocycles. The third-order valence-corrected chi connectivity index (χ3v) is 11.6. The van der Waals surface area contributed by atoms with Crippen LogP contribution in [0.1, 0.15) is 33.4 Å². The molecular weight excluding hydrogens is 681 g/mol. The first-order valence-corrected chi connectivity index (χ1v) is 19.1. The second-order valence-electron chi connectivity index (χ2n) is 14.7. The molecule has 0 fully saturated rings. The van der Waals surface area contributed by atoms with E-state index in [4.69, 9.17) is 0 Å². The summed E-state index contributed by atoms with van der Waals surface area (Å²) in [5.41, 5.74) is 10.9. The Balaban J connectivity index is 1.27. The van der Waals surface area contributed by atoms with Crippen LogP contribution < -0.4 is 0 Å². The minimum Gasteiger partial charge on any atom is -0.376 e. The summed E-state index contributed by atoms with van der Waals surface area (Å²) in [5, 5.41) is 27.9. The minimum absolute atomic E-state index is 0.646. The van der Waals surface area contributed by atoms with Crippen molar-refractivity contribution < 1.29 is 10.2 Å². The van der Waals surface area contributed by atoms with Crippen LogP contribution in [0.15, 0.2) is 217 Å². The zero-order valence-corrected chi connectivity index (χ0v) is 30.7. The van der Waals surface area contributed by atoms with Crippen molar-refractivity contribution in [3.8, 4) is 44.5 Å². The van der Waals surface area contributed by atoms with Crippen molar-refractivity contribution in [1.82, 2.24) is 0 Å². The molecule has 266 valence electrons. The predicted molar refractivity (Wildman–Crippen MR) is 229 cm³/mol. The van der Waals surface area contributed by atoms with Crippen LogP contribution in [-0.4, -0.2) is 10.2 Å². The van der Waals surface area contributed by atoms with Gasteiger partial charge in [-0.25, -0.2) is 0 Å². The first-order valence-electron chi connectivity index (χ1n) is 19.1. The van der Waals surface area contributed by atoms with Gasteiger partial charge in [-0.15, -0.1) is 0 Å². The number of rotatable bonds is 6. The highest BCUT2D eigenvalue weighted by atomic mass is 16.3. The highest BCUT2D eigenvalue weighted by Crippen LogP contribution is 2.58. The third kappa shape index (κ3) is 5.34. The zero-order valence-electron chi connectivity index (χ0n) is 30.7. The number of hydrogen-bond donors (Lipinski definition) is 2. The first kappa shape index (κ1) is 33.7. The van der Waals surface area contributed by atoms with Crippen molar-refractivity contribution in [2.75, 3.05) is 0 Å². The first-order chi connectivity index (χ1) is 27.5. The molecule has 0 saturated heterocycles. The Morgan fingerprint density at radius 3 is 0.964 bits per heavy atom. The fourth-order valence-corrected chi connectivity index (χ4v) is 8.89. The smallest absolute Gasteiger partial charge is 0.142 e. The van der Waals surface area contributed by atoms with Gasteiger partial charge in [-0.2, -0.15) is 0 Å². The molecule has 2 heteroatoms. The lowest BCUT2D eigenvalue weighted by atomic mass is 9.60. The molecule has 2 nitrogen and oxygen atoms in total. The van der Waals surface area contributed by atoms with Crippen LogP contribution >= 0.6 is 0 Å². The Morgan fingerprint density at radius 1 is 0.268 bits per heavy atom. The van der Waals surface area contributed by atoms with Crippen molar-refractivity contribution in [3.05, 3.63) is 251 Å². The van der Waals surface area contributed by atoms with E-state index >= 15 is 0 Å². The summed E-state index contributed by atoms with van der Waals surface area (Å²) >= 11 is 0. The van der Waals surface area contributed by atoms with Gasteiger partial charge in [0.25, 0.3) is 0 Å². The summed E-state index contributed by atoms with van der Waals surface area (Å²) in [6, 6.07) is 70.2. The van der Waals surface area contributed by atoms with Crippen LogP contribution in [0.3, 0.4) is 0 Å². The van der Waals surface area contributed by atoms with Crippen molar-refractivity contribution in [1.29, 1.82) is 0 Å². The molecule has 2 atom stereocenters. The maximum atomic E-state index is 14.0. The Bertz CT molecular complexity index is 2610. The van der Waals surface area contributed by atoms with Gasteiger partial charge in [-0.05, 0) is 91.0 Å². The van der Waals surface area contributed by atoms with E-state index < -0.39 is 11.2 Å². The molecule has 0 bridgehead atoms. The van der Waals surface area contributed by atoms with Gasteiger partial charge in [0, 0.05) is 22.3 Å². The van der Waals surface area contributed by atoms with Crippen molar-refractivity contribution in [3.63, 3.8) is 0 Å².